The minimum Gasteiger partial charge on any atom is -0.493 e. The first kappa shape index (κ1) is 29.7. The van der Waals surface area contributed by atoms with Crippen LogP contribution in [0.1, 0.15) is 37.0 Å². The molecule has 0 radical (unpaired) electrons. The molecule has 0 aliphatic carbocycles. The molecule has 9 heteroatoms. The highest BCUT2D eigenvalue weighted by Gasteiger charge is 2.22. The molecule has 206 valence electrons. The molecule has 1 atom stereocenters. The van der Waals surface area contributed by atoms with E-state index in [1.807, 2.05) is 69.3 Å². The Balaban J connectivity index is 1.56. The van der Waals surface area contributed by atoms with Gasteiger partial charge in [0.1, 0.15) is 18.4 Å². The van der Waals surface area contributed by atoms with E-state index in [-0.39, 0.29) is 18.4 Å². The molecule has 8 nitrogen and oxygen atoms in total. The molecule has 3 aromatic rings. The Morgan fingerprint density at radius 1 is 0.974 bits per heavy atom. The lowest BCUT2D eigenvalue weighted by molar-refractivity contribution is -0.130. The molecule has 2 amide bonds. The average molecular weight is 597 g/mol. The Morgan fingerprint density at radius 3 is 2.41 bits per heavy atom. The molecule has 3 aromatic carbocycles. The third-order valence-electron chi connectivity index (χ3n) is 5.69. The van der Waals surface area contributed by atoms with E-state index in [0.717, 1.165) is 15.6 Å². The summed E-state index contributed by atoms with van der Waals surface area (Å²) in [5.41, 5.74) is 5.19. The van der Waals surface area contributed by atoms with Gasteiger partial charge in [0.15, 0.2) is 18.1 Å². The number of ether oxygens (including phenoxy) is 3. The number of hydrogen-bond donors (Lipinski definition) is 2. The fourth-order valence-electron chi connectivity index (χ4n) is 3.67. The maximum atomic E-state index is 12.8. The second kappa shape index (κ2) is 14.9. The minimum atomic E-state index is -0.751. The molecular formula is C30H34BrN3O5. The normalized spacial score (nSPS) is 11.7. The molecule has 0 aromatic heterocycles. The third kappa shape index (κ3) is 9.76. The van der Waals surface area contributed by atoms with Gasteiger partial charge in [0.25, 0.3) is 11.8 Å². The molecular weight excluding hydrogens is 562 g/mol. The van der Waals surface area contributed by atoms with Gasteiger partial charge in [-0.3, -0.25) is 9.59 Å². The van der Waals surface area contributed by atoms with Crippen LogP contribution in [-0.4, -0.2) is 37.8 Å². The maximum Gasteiger partial charge on any atom is 0.262 e. The summed E-state index contributed by atoms with van der Waals surface area (Å²) < 4.78 is 18.0. The Kier molecular flexibility index (Phi) is 11.4. The minimum absolute atomic E-state index is 0.177. The Hall–Kier alpha value is -3.85. The fourth-order valence-corrected chi connectivity index (χ4v) is 3.94. The lowest BCUT2D eigenvalue weighted by Gasteiger charge is -2.19. The first-order chi connectivity index (χ1) is 18.7. The number of nitrogens with zero attached hydrogens (tertiary/aromatic N) is 1. The van der Waals surface area contributed by atoms with Crippen LogP contribution in [0.25, 0.3) is 0 Å². The highest BCUT2D eigenvalue weighted by molar-refractivity contribution is 9.10. The lowest BCUT2D eigenvalue weighted by Crippen LogP contribution is -2.47. The van der Waals surface area contributed by atoms with E-state index in [1.165, 1.54) is 6.21 Å². The van der Waals surface area contributed by atoms with Crippen molar-refractivity contribution in [3.8, 4) is 17.2 Å². The maximum absolute atomic E-state index is 12.8. The Morgan fingerprint density at radius 2 is 1.72 bits per heavy atom. The van der Waals surface area contributed by atoms with Crippen molar-refractivity contribution in [3.63, 3.8) is 0 Å². The number of aryl methyl sites for hydroxylation is 1. The Bertz CT molecular complexity index is 1280. The van der Waals surface area contributed by atoms with Crippen molar-refractivity contribution in [2.24, 2.45) is 11.0 Å². The van der Waals surface area contributed by atoms with Gasteiger partial charge in [-0.15, -0.1) is 0 Å². The van der Waals surface area contributed by atoms with Crippen LogP contribution in [-0.2, 0) is 16.2 Å². The van der Waals surface area contributed by atoms with E-state index in [0.29, 0.717) is 35.8 Å². The van der Waals surface area contributed by atoms with Crippen molar-refractivity contribution >= 4 is 34.0 Å². The third-order valence-corrected chi connectivity index (χ3v) is 6.22. The predicted molar refractivity (Wildman–Crippen MR) is 155 cm³/mol. The van der Waals surface area contributed by atoms with Gasteiger partial charge in [-0.1, -0.05) is 60.1 Å². The molecule has 0 saturated carbocycles. The summed E-state index contributed by atoms with van der Waals surface area (Å²) in [6.45, 7) is 6.07. The van der Waals surface area contributed by atoms with Crippen LogP contribution in [0.15, 0.2) is 76.3 Å². The average Bonchev–Trinajstić information content (AvgIpc) is 2.92. The smallest absolute Gasteiger partial charge is 0.262 e. The number of amides is 2. The first-order valence-electron chi connectivity index (χ1n) is 12.6. The van der Waals surface area contributed by atoms with E-state index < -0.39 is 11.9 Å². The number of hydrogen-bond acceptors (Lipinski definition) is 6. The zero-order valence-corrected chi connectivity index (χ0v) is 24.2. The summed E-state index contributed by atoms with van der Waals surface area (Å²) in [7, 11) is 1.56. The summed E-state index contributed by atoms with van der Waals surface area (Å²) in [6.07, 6.45) is 1.96. The Labute approximate surface area is 237 Å². The zero-order valence-electron chi connectivity index (χ0n) is 22.6. The number of hydrazone groups is 1. The first-order valence-corrected chi connectivity index (χ1v) is 13.4. The lowest BCUT2D eigenvalue weighted by atomic mass is 10.0. The van der Waals surface area contributed by atoms with Crippen LogP contribution in [0.5, 0.6) is 17.2 Å². The quantitative estimate of drug-likeness (QED) is 0.203. The number of para-hydroxylation sites is 1. The van der Waals surface area contributed by atoms with E-state index >= 15 is 0 Å². The molecule has 0 unspecified atom stereocenters. The number of methoxy groups -OCH3 is 1. The van der Waals surface area contributed by atoms with Crippen LogP contribution in [0.3, 0.4) is 0 Å². The topological polar surface area (TPSA) is 98.2 Å². The standard InChI is InChI=1S/C30H34BrN3O5/c1-20(2)15-25(33-29(35)19-39-26-8-6-5-7-21(26)3)30(36)34-32-17-23-11-14-27(28(16-23)37-4)38-18-22-9-12-24(31)13-10-22/h5-14,16-17,20,25H,15,18-19H2,1-4H3,(H,33,35)(H,34,36)/b32-17-/t25-/m1/s1. The fraction of sp³-hybridized carbons (Fsp3) is 0.300. The molecule has 2 N–H and O–H groups in total. The van der Waals surface area contributed by atoms with E-state index in [9.17, 15) is 9.59 Å². The summed E-state index contributed by atoms with van der Waals surface area (Å²) in [5.74, 6) is 1.14. The number of carbonyl (C=O) groups excluding carboxylic acids is 2. The van der Waals surface area contributed by atoms with Gasteiger partial charge in [0, 0.05) is 4.47 Å². The van der Waals surface area contributed by atoms with Crippen molar-refractivity contribution in [1.82, 2.24) is 10.7 Å². The highest BCUT2D eigenvalue weighted by atomic mass is 79.9. The van der Waals surface area contributed by atoms with E-state index in [2.05, 4.69) is 31.8 Å². The zero-order chi connectivity index (χ0) is 28.2. The molecule has 39 heavy (non-hydrogen) atoms. The van der Waals surface area contributed by atoms with Crippen LogP contribution in [0, 0.1) is 12.8 Å². The summed E-state index contributed by atoms with van der Waals surface area (Å²) in [6, 6.07) is 19.9. The second-order valence-corrected chi connectivity index (χ2v) is 10.3. The monoisotopic (exact) mass is 595 g/mol. The number of carbonyl (C=O) groups is 2. The molecule has 0 bridgehead atoms. The summed E-state index contributed by atoms with van der Waals surface area (Å²) in [4.78, 5) is 25.3. The van der Waals surface area contributed by atoms with Crippen LogP contribution < -0.4 is 25.0 Å². The van der Waals surface area contributed by atoms with Crippen LogP contribution in [0.2, 0.25) is 0 Å². The van der Waals surface area contributed by atoms with Gasteiger partial charge in [0.05, 0.1) is 13.3 Å². The van der Waals surface area contributed by atoms with Crippen molar-refractivity contribution in [2.45, 2.75) is 39.8 Å². The van der Waals surface area contributed by atoms with Crippen LogP contribution >= 0.6 is 15.9 Å². The molecule has 0 fully saturated rings. The number of rotatable bonds is 13. The van der Waals surface area contributed by atoms with E-state index in [4.69, 9.17) is 14.2 Å². The van der Waals surface area contributed by atoms with Crippen LogP contribution in [0.4, 0.5) is 0 Å². The van der Waals surface area contributed by atoms with Gasteiger partial charge < -0.3 is 19.5 Å². The van der Waals surface area contributed by atoms with Gasteiger partial charge in [-0.2, -0.15) is 5.10 Å². The van der Waals surface area contributed by atoms with Gasteiger partial charge in [-0.05, 0) is 72.4 Å². The summed E-state index contributed by atoms with van der Waals surface area (Å²) in [5, 5.41) is 6.83. The SMILES string of the molecule is COc1cc(/C=N\NC(=O)[C@@H](CC(C)C)NC(=O)COc2ccccc2C)ccc1OCc1ccc(Br)cc1. The molecule has 0 saturated heterocycles. The van der Waals surface area contributed by atoms with Gasteiger partial charge in [0.2, 0.25) is 0 Å². The molecule has 0 spiro atoms. The molecule has 0 heterocycles. The molecule has 3 rings (SSSR count). The second-order valence-electron chi connectivity index (χ2n) is 9.36. The largest absolute Gasteiger partial charge is 0.493 e. The van der Waals surface area contributed by atoms with E-state index in [1.54, 1.807) is 25.3 Å². The summed E-state index contributed by atoms with van der Waals surface area (Å²) >= 11 is 3.42. The van der Waals surface area contributed by atoms with Crippen molar-refractivity contribution < 1.29 is 23.8 Å². The number of benzene rings is 3. The predicted octanol–water partition coefficient (Wildman–Crippen LogP) is 5.41. The molecule has 0 aliphatic rings. The molecule has 0 aliphatic heterocycles. The van der Waals surface area contributed by atoms with Gasteiger partial charge in [-0.25, -0.2) is 5.43 Å². The number of halogens is 1. The highest BCUT2D eigenvalue weighted by Crippen LogP contribution is 2.28. The van der Waals surface area contributed by atoms with Crippen molar-refractivity contribution in [2.75, 3.05) is 13.7 Å². The van der Waals surface area contributed by atoms with Crippen molar-refractivity contribution in [3.05, 3.63) is 87.9 Å². The van der Waals surface area contributed by atoms with Crippen molar-refractivity contribution in [1.29, 1.82) is 0 Å². The van der Waals surface area contributed by atoms with Gasteiger partial charge >= 0.3 is 0 Å². The number of nitrogens with one attached hydrogen (secondary N) is 2.